The van der Waals surface area contributed by atoms with Crippen molar-refractivity contribution in [1.82, 2.24) is 9.97 Å². The first-order valence-electron chi connectivity index (χ1n) is 8.59. The number of hydrogen-bond acceptors (Lipinski definition) is 8. The smallest absolute Gasteiger partial charge is 0.270 e. The number of nitrogens with zero attached hydrogens (tertiary/aromatic N) is 4. The Kier molecular flexibility index (Phi) is 4.88. The second kappa shape index (κ2) is 7.64. The van der Waals surface area contributed by atoms with Gasteiger partial charge >= 0.3 is 0 Å². The molecule has 9 heteroatoms. The quantitative estimate of drug-likeness (QED) is 0.304. The van der Waals surface area contributed by atoms with Gasteiger partial charge in [-0.3, -0.25) is 15.5 Å². The minimum absolute atomic E-state index is 0.115. The Bertz CT molecular complexity index is 1240. The van der Waals surface area contributed by atoms with Crippen molar-refractivity contribution in [1.29, 1.82) is 0 Å². The molecule has 29 heavy (non-hydrogen) atoms. The average molecular weight is 404 g/mol. The Hall–Kier alpha value is -3.85. The summed E-state index contributed by atoms with van der Waals surface area (Å²) in [6.45, 7) is 1.78. The fraction of sp³-hybridized carbons (Fsp3) is 0.0500. The fourth-order valence-corrected chi connectivity index (χ4v) is 3.85. The topological polar surface area (TPSA) is 116 Å². The van der Waals surface area contributed by atoms with Crippen molar-refractivity contribution < 1.29 is 10.0 Å². The summed E-state index contributed by atoms with van der Waals surface area (Å²) in [4.78, 5) is 21.1. The molecule has 0 atom stereocenters. The molecule has 0 spiro atoms. The Balaban J connectivity index is 1.66. The third kappa shape index (κ3) is 3.90. The van der Waals surface area contributed by atoms with Crippen LogP contribution in [0.5, 0.6) is 5.75 Å². The highest BCUT2D eigenvalue weighted by Crippen LogP contribution is 2.35. The SMILES string of the molecule is Cc1nc(N/N=C\c2cc([N+](=O)[O-])ccc2[O-])c2cc(-c3ccccc3)sc2n1. The maximum atomic E-state index is 11.9. The monoisotopic (exact) mass is 404 g/mol. The molecule has 4 aromatic rings. The van der Waals surface area contributed by atoms with Crippen LogP contribution in [-0.4, -0.2) is 21.1 Å². The van der Waals surface area contributed by atoms with Gasteiger partial charge in [0.05, 0.1) is 16.5 Å². The summed E-state index contributed by atoms with van der Waals surface area (Å²) in [6.07, 6.45) is 1.25. The van der Waals surface area contributed by atoms with Crippen LogP contribution in [0.15, 0.2) is 59.7 Å². The van der Waals surface area contributed by atoms with E-state index in [-0.39, 0.29) is 17.0 Å². The van der Waals surface area contributed by atoms with Crippen molar-refractivity contribution in [2.24, 2.45) is 5.10 Å². The van der Waals surface area contributed by atoms with Crippen LogP contribution in [0.2, 0.25) is 0 Å². The Morgan fingerprint density at radius 3 is 2.69 bits per heavy atom. The highest BCUT2D eigenvalue weighted by molar-refractivity contribution is 7.21. The van der Waals surface area contributed by atoms with Crippen LogP contribution in [0, 0.1) is 17.0 Å². The Morgan fingerprint density at radius 2 is 1.93 bits per heavy atom. The number of nitrogens with one attached hydrogen (secondary N) is 1. The zero-order valence-electron chi connectivity index (χ0n) is 15.2. The van der Waals surface area contributed by atoms with Gasteiger partial charge in [0, 0.05) is 17.0 Å². The van der Waals surface area contributed by atoms with Gasteiger partial charge in [-0.2, -0.15) is 5.10 Å². The number of thiophene rings is 1. The van der Waals surface area contributed by atoms with Crippen molar-refractivity contribution >= 4 is 39.3 Å². The predicted octanol–water partition coefficient (Wildman–Crippen LogP) is 4.09. The molecule has 0 radical (unpaired) electrons. The van der Waals surface area contributed by atoms with E-state index in [0.29, 0.717) is 11.6 Å². The minimum Gasteiger partial charge on any atom is -0.872 e. The van der Waals surface area contributed by atoms with Gasteiger partial charge < -0.3 is 5.11 Å². The number of non-ortho nitro benzene ring substituents is 1. The number of fused-ring (bicyclic) bond motifs is 1. The summed E-state index contributed by atoms with van der Waals surface area (Å²) >= 11 is 1.55. The summed E-state index contributed by atoms with van der Waals surface area (Å²) in [6, 6.07) is 15.4. The van der Waals surface area contributed by atoms with Gasteiger partial charge in [0.1, 0.15) is 10.7 Å². The zero-order valence-corrected chi connectivity index (χ0v) is 16.0. The van der Waals surface area contributed by atoms with E-state index < -0.39 is 4.92 Å². The molecule has 144 valence electrons. The van der Waals surface area contributed by atoms with Crippen LogP contribution in [0.4, 0.5) is 11.5 Å². The number of aromatic nitrogens is 2. The van der Waals surface area contributed by atoms with Crippen molar-refractivity contribution in [2.45, 2.75) is 6.92 Å². The lowest BCUT2D eigenvalue weighted by molar-refractivity contribution is -0.385. The van der Waals surface area contributed by atoms with Crippen LogP contribution in [-0.2, 0) is 0 Å². The summed E-state index contributed by atoms with van der Waals surface area (Å²) in [7, 11) is 0. The summed E-state index contributed by atoms with van der Waals surface area (Å²) in [5.74, 6) is 0.726. The minimum atomic E-state index is -0.558. The van der Waals surface area contributed by atoms with Crippen molar-refractivity contribution in [3.05, 3.63) is 76.1 Å². The van der Waals surface area contributed by atoms with Gasteiger partial charge in [-0.25, -0.2) is 9.97 Å². The molecule has 8 nitrogen and oxygen atoms in total. The van der Waals surface area contributed by atoms with Crippen molar-refractivity contribution in [3.8, 4) is 16.2 Å². The largest absolute Gasteiger partial charge is 0.872 e. The van der Waals surface area contributed by atoms with Gasteiger partial charge in [-0.15, -0.1) is 11.3 Å². The van der Waals surface area contributed by atoms with Crippen LogP contribution < -0.4 is 10.5 Å². The second-order valence-corrected chi connectivity index (χ2v) is 7.19. The standard InChI is InChI=1S/C20H15N5O3S/c1-12-22-19(24-21-11-14-9-15(25(27)28)7-8-17(14)26)16-10-18(29-20(16)23-12)13-5-3-2-4-6-13/h2-11,26H,1H3,(H,22,23,24)/p-1/b21-11-. The maximum absolute atomic E-state index is 11.9. The van der Waals surface area contributed by atoms with Crippen molar-refractivity contribution in [3.63, 3.8) is 0 Å². The number of rotatable bonds is 5. The number of nitro benzene ring substituents is 1. The number of anilines is 1. The van der Waals surface area contributed by atoms with E-state index in [1.165, 1.54) is 18.3 Å². The van der Waals surface area contributed by atoms with Gasteiger partial charge in [0.25, 0.3) is 5.69 Å². The van der Waals surface area contributed by atoms with Crippen LogP contribution in [0.1, 0.15) is 11.4 Å². The van der Waals surface area contributed by atoms with Gasteiger partial charge in [0.15, 0.2) is 5.82 Å². The van der Waals surface area contributed by atoms with Crippen LogP contribution >= 0.6 is 11.3 Å². The number of hydrogen-bond donors (Lipinski definition) is 1. The molecule has 0 amide bonds. The van der Waals surface area contributed by atoms with E-state index in [0.717, 1.165) is 26.7 Å². The molecule has 0 fully saturated rings. The molecule has 0 bridgehead atoms. The van der Waals surface area contributed by atoms with E-state index >= 15 is 0 Å². The second-order valence-electron chi connectivity index (χ2n) is 6.16. The first-order chi connectivity index (χ1) is 14.0. The number of aryl methyl sites for hydroxylation is 1. The molecule has 0 saturated heterocycles. The summed E-state index contributed by atoms with van der Waals surface area (Å²) in [5, 5.41) is 27.7. The summed E-state index contributed by atoms with van der Waals surface area (Å²) in [5.41, 5.74) is 3.86. The predicted molar refractivity (Wildman–Crippen MR) is 111 cm³/mol. The third-order valence-electron chi connectivity index (χ3n) is 4.14. The Labute approximate surface area is 169 Å². The summed E-state index contributed by atoms with van der Waals surface area (Å²) < 4.78 is 0. The van der Waals surface area contributed by atoms with Crippen LogP contribution in [0.25, 0.3) is 20.7 Å². The van der Waals surface area contributed by atoms with E-state index in [4.69, 9.17) is 0 Å². The molecular weight excluding hydrogens is 390 g/mol. The first kappa shape index (κ1) is 18.5. The molecule has 2 aromatic heterocycles. The molecule has 0 aliphatic carbocycles. The molecular formula is C20H14N5O3S-. The number of nitro groups is 1. The lowest BCUT2D eigenvalue weighted by atomic mass is 10.2. The van der Waals surface area contributed by atoms with Gasteiger partial charge in [0.2, 0.25) is 0 Å². The lowest BCUT2D eigenvalue weighted by Gasteiger charge is -2.08. The van der Waals surface area contributed by atoms with Crippen LogP contribution in [0.3, 0.4) is 0 Å². The average Bonchev–Trinajstić information content (AvgIpc) is 3.14. The molecule has 2 heterocycles. The third-order valence-corrected chi connectivity index (χ3v) is 5.22. The fourth-order valence-electron chi connectivity index (χ4n) is 2.77. The Morgan fingerprint density at radius 1 is 1.14 bits per heavy atom. The normalized spacial score (nSPS) is 11.2. The van der Waals surface area contributed by atoms with E-state index in [9.17, 15) is 15.2 Å². The molecule has 0 saturated carbocycles. The highest BCUT2D eigenvalue weighted by Gasteiger charge is 2.11. The number of benzene rings is 2. The van der Waals surface area contributed by atoms with Gasteiger partial charge in [-0.1, -0.05) is 42.1 Å². The molecule has 4 rings (SSSR count). The maximum Gasteiger partial charge on any atom is 0.270 e. The molecule has 0 unspecified atom stereocenters. The zero-order chi connectivity index (χ0) is 20.4. The van der Waals surface area contributed by atoms with E-state index in [1.807, 2.05) is 36.4 Å². The molecule has 0 aliphatic rings. The highest BCUT2D eigenvalue weighted by atomic mass is 32.1. The van der Waals surface area contributed by atoms with Gasteiger partial charge in [-0.05, 0) is 24.1 Å². The molecule has 2 aromatic carbocycles. The first-order valence-corrected chi connectivity index (χ1v) is 9.41. The van der Waals surface area contributed by atoms with Crippen molar-refractivity contribution in [2.75, 3.05) is 5.43 Å². The van der Waals surface area contributed by atoms with E-state index in [1.54, 1.807) is 18.3 Å². The lowest BCUT2D eigenvalue weighted by Crippen LogP contribution is -2.01. The molecule has 0 aliphatic heterocycles. The van der Waals surface area contributed by atoms with E-state index in [2.05, 4.69) is 20.5 Å². The molecule has 1 N–H and O–H groups in total. The number of hydrazone groups is 1.